The molecule has 0 bridgehead atoms. The third kappa shape index (κ3) is 1.71. The first-order valence-electron chi connectivity index (χ1n) is 2.84. The number of hydrogen-bond acceptors (Lipinski definition) is 4. The van der Waals surface area contributed by atoms with Gasteiger partial charge in [0.25, 0.3) is 0 Å². The van der Waals surface area contributed by atoms with Crippen molar-refractivity contribution in [3.8, 4) is 0 Å². The second-order valence-electron chi connectivity index (χ2n) is 2.04. The number of amides is 1. The van der Waals surface area contributed by atoms with Gasteiger partial charge in [-0.1, -0.05) is 0 Å². The predicted molar refractivity (Wildman–Crippen MR) is 29.0 cm³/mol. The van der Waals surface area contributed by atoms with Gasteiger partial charge in [0.1, 0.15) is 0 Å². The molecule has 0 spiro atoms. The number of hydrazine groups is 2. The number of halogens is 3. The molecule has 0 aromatic rings. The molecule has 8 heteroatoms. The number of Topliss-reactive ketones (excluding diaryl/α,β-unsaturated/α-hetero) is 1. The fraction of sp³-hybridized carbons (Fsp3) is 0.500. The SMILES string of the molecule is O=C1CN(C(F)(F)F)NNC1=O. The number of carbonyl (C=O) groups is 2. The Labute approximate surface area is 64.4 Å². The minimum atomic E-state index is -4.68. The van der Waals surface area contributed by atoms with E-state index in [9.17, 15) is 22.8 Å². The average molecular weight is 183 g/mol. The Morgan fingerprint density at radius 2 is 1.92 bits per heavy atom. The fourth-order valence-electron chi connectivity index (χ4n) is 0.596. The third-order valence-electron chi connectivity index (χ3n) is 1.17. The molecule has 1 amide bonds. The number of hydrogen-bond donors (Lipinski definition) is 2. The molecule has 68 valence electrons. The van der Waals surface area contributed by atoms with E-state index in [1.54, 1.807) is 5.43 Å². The van der Waals surface area contributed by atoms with Gasteiger partial charge in [-0.15, -0.1) is 5.01 Å². The van der Waals surface area contributed by atoms with Gasteiger partial charge in [-0.3, -0.25) is 15.0 Å². The lowest BCUT2D eigenvalue weighted by atomic mass is 10.3. The first-order valence-corrected chi connectivity index (χ1v) is 2.84. The molecule has 1 fully saturated rings. The quantitative estimate of drug-likeness (QED) is 0.370. The van der Waals surface area contributed by atoms with Crippen LogP contribution in [-0.2, 0) is 9.59 Å². The largest absolute Gasteiger partial charge is 0.475 e. The number of carbonyl (C=O) groups excluding carboxylic acids is 2. The molecule has 1 rings (SSSR count). The normalized spacial score (nSPS) is 20.9. The molecule has 0 unspecified atom stereocenters. The Morgan fingerprint density at radius 3 is 2.33 bits per heavy atom. The second kappa shape index (κ2) is 2.72. The number of nitrogens with zero attached hydrogens (tertiary/aromatic N) is 1. The maximum Gasteiger partial charge on any atom is 0.475 e. The first-order chi connectivity index (χ1) is 5.41. The van der Waals surface area contributed by atoms with Crippen LogP contribution in [0.5, 0.6) is 0 Å². The molecular formula is C4H4F3N3O2. The summed E-state index contributed by atoms with van der Waals surface area (Å²) in [5.74, 6) is -2.21. The molecule has 5 nitrogen and oxygen atoms in total. The first kappa shape index (κ1) is 8.94. The van der Waals surface area contributed by atoms with Crippen LogP contribution in [0.4, 0.5) is 13.2 Å². The predicted octanol–water partition coefficient (Wildman–Crippen LogP) is -1.07. The van der Waals surface area contributed by atoms with Crippen molar-refractivity contribution in [3.63, 3.8) is 0 Å². The highest BCUT2D eigenvalue weighted by molar-refractivity contribution is 6.37. The maximum absolute atomic E-state index is 11.8. The van der Waals surface area contributed by atoms with Gasteiger partial charge in [-0.25, -0.2) is 0 Å². The van der Waals surface area contributed by atoms with E-state index in [4.69, 9.17) is 0 Å². The van der Waals surface area contributed by atoms with E-state index in [1.165, 1.54) is 5.53 Å². The zero-order chi connectivity index (χ0) is 9.35. The molecule has 0 aliphatic carbocycles. The molecule has 0 aromatic carbocycles. The molecule has 1 aliphatic heterocycles. The van der Waals surface area contributed by atoms with Crippen molar-refractivity contribution >= 4 is 11.7 Å². The summed E-state index contributed by atoms with van der Waals surface area (Å²) in [6.45, 7) is -1.00. The molecule has 2 N–H and O–H groups in total. The monoisotopic (exact) mass is 183 g/mol. The summed E-state index contributed by atoms with van der Waals surface area (Å²) in [5, 5.41) is -0.323. The van der Waals surface area contributed by atoms with Crippen molar-refractivity contribution in [2.24, 2.45) is 0 Å². The Bertz CT molecular complexity index is 226. The fourth-order valence-corrected chi connectivity index (χ4v) is 0.596. The smallest absolute Gasteiger partial charge is 0.287 e. The molecule has 0 aromatic heterocycles. The summed E-state index contributed by atoms with van der Waals surface area (Å²) >= 11 is 0. The van der Waals surface area contributed by atoms with E-state index in [0.29, 0.717) is 0 Å². The van der Waals surface area contributed by atoms with Gasteiger partial charge < -0.3 is 0 Å². The number of ketones is 1. The molecule has 1 heterocycles. The summed E-state index contributed by atoms with van der Waals surface area (Å²) in [4.78, 5) is 20.8. The Hall–Kier alpha value is -1.15. The minimum absolute atomic E-state index is 0.323. The summed E-state index contributed by atoms with van der Waals surface area (Å²) in [5.41, 5.74) is 3.08. The Kier molecular flexibility index (Phi) is 2.02. The highest BCUT2D eigenvalue weighted by atomic mass is 19.4. The zero-order valence-corrected chi connectivity index (χ0v) is 5.60. The van der Waals surface area contributed by atoms with Gasteiger partial charge in [0.2, 0.25) is 5.78 Å². The highest BCUT2D eigenvalue weighted by Gasteiger charge is 2.42. The molecule has 12 heavy (non-hydrogen) atoms. The molecular weight excluding hydrogens is 179 g/mol. The molecule has 0 radical (unpaired) electrons. The van der Waals surface area contributed by atoms with Crippen LogP contribution < -0.4 is 11.0 Å². The van der Waals surface area contributed by atoms with Crippen LogP contribution in [-0.4, -0.2) is 29.5 Å². The van der Waals surface area contributed by atoms with Crippen LogP contribution in [0.3, 0.4) is 0 Å². The lowest BCUT2D eigenvalue weighted by molar-refractivity contribution is -0.268. The summed E-state index contributed by atoms with van der Waals surface area (Å²) in [7, 11) is 0. The van der Waals surface area contributed by atoms with Crippen molar-refractivity contribution < 1.29 is 22.8 Å². The van der Waals surface area contributed by atoms with Gasteiger partial charge in [-0.05, 0) is 0 Å². The molecule has 1 aliphatic rings. The van der Waals surface area contributed by atoms with Crippen LogP contribution in [0.1, 0.15) is 0 Å². The summed E-state index contributed by atoms with van der Waals surface area (Å²) in [6.07, 6.45) is -4.68. The lowest BCUT2D eigenvalue weighted by Crippen LogP contribution is -2.64. The van der Waals surface area contributed by atoms with Crippen molar-refractivity contribution in [1.29, 1.82) is 0 Å². The topological polar surface area (TPSA) is 61.4 Å². The number of rotatable bonds is 0. The van der Waals surface area contributed by atoms with E-state index in [2.05, 4.69) is 0 Å². The summed E-state index contributed by atoms with van der Waals surface area (Å²) in [6, 6.07) is 0. The zero-order valence-electron chi connectivity index (χ0n) is 5.60. The van der Waals surface area contributed by atoms with Crippen LogP contribution in [0.2, 0.25) is 0 Å². The van der Waals surface area contributed by atoms with Gasteiger partial charge in [-0.2, -0.15) is 18.7 Å². The van der Waals surface area contributed by atoms with Gasteiger partial charge in [0, 0.05) is 0 Å². The second-order valence-corrected chi connectivity index (χ2v) is 2.04. The highest BCUT2D eigenvalue weighted by Crippen LogP contribution is 2.18. The minimum Gasteiger partial charge on any atom is -0.287 e. The number of nitrogens with one attached hydrogen (secondary N) is 2. The van der Waals surface area contributed by atoms with Crippen molar-refractivity contribution in [1.82, 2.24) is 16.0 Å². The Balaban J connectivity index is 2.63. The van der Waals surface area contributed by atoms with E-state index in [0.717, 1.165) is 0 Å². The van der Waals surface area contributed by atoms with Crippen LogP contribution in [0.25, 0.3) is 0 Å². The van der Waals surface area contributed by atoms with E-state index in [1.807, 2.05) is 0 Å². The van der Waals surface area contributed by atoms with Gasteiger partial charge in [0.15, 0.2) is 0 Å². The third-order valence-corrected chi connectivity index (χ3v) is 1.17. The molecule has 1 saturated heterocycles. The van der Waals surface area contributed by atoms with Crippen LogP contribution in [0, 0.1) is 0 Å². The van der Waals surface area contributed by atoms with Crippen molar-refractivity contribution in [2.75, 3.05) is 6.54 Å². The van der Waals surface area contributed by atoms with Gasteiger partial charge in [0.05, 0.1) is 6.54 Å². The van der Waals surface area contributed by atoms with E-state index >= 15 is 0 Å². The van der Waals surface area contributed by atoms with Crippen LogP contribution >= 0.6 is 0 Å². The lowest BCUT2D eigenvalue weighted by Gasteiger charge is -2.27. The summed E-state index contributed by atoms with van der Waals surface area (Å²) < 4.78 is 35.4. The van der Waals surface area contributed by atoms with E-state index < -0.39 is 24.5 Å². The molecule has 0 atom stereocenters. The van der Waals surface area contributed by atoms with Crippen LogP contribution in [0.15, 0.2) is 0 Å². The molecule has 0 saturated carbocycles. The number of alkyl halides is 3. The van der Waals surface area contributed by atoms with Gasteiger partial charge >= 0.3 is 12.2 Å². The maximum atomic E-state index is 11.8. The van der Waals surface area contributed by atoms with Crippen molar-refractivity contribution in [2.45, 2.75) is 6.30 Å². The Morgan fingerprint density at radius 1 is 1.33 bits per heavy atom. The average Bonchev–Trinajstić information content (AvgIpc) is 1.92. The standard InChI is InChI=1S/C4H4F3N3O2/c5-4(6,7)10-1-2(11)3(12)8-9-10/h9H,1H2,(H,8,12). The van der Waals surface area contributed by atoms with Crippen molar-refractivity contribution in [3.05, 3.63) is 0 Å². The van der Waals surface area contributed by atoms with E-state index in [-0.39, 0.29) is 5.01 Å².